The number of hydrogen-bond acceptors (Lipinski definition) is 5. The summed E-state index contributed by atoms with van der Waals surface area (Å²) in [5, 5.41) is 8.48. The Bertz CT molecular complexity index is 1140. The van der Waals surface area contributed by atoms with E-state index in [1.165, 1.54) is 16.5 Å². The molecule has 5 rings (SSSR count). The molecule has 4 aromatic rings. The molecule has 0 bridgehead atoms. The topological polar surface area (TPSA) is 63.3 Å². The molecular formula is C26H28N4O2. The molecule has 1 N–H and O–H groups in total. The van der Waals surface area contributed by atoms with Gasteiger partial charge in [0.25, 0.3) is 0 Å². The smallest absolute Gasteiger partial charge is 0.130 e. The van der Waals surface area contributed by atoms with Crippen LogP contribution in [-0.2, 0) is 24.3 Å². The Morgan fingerprint density at radius 2 is 2.06 bits per heavy atom. The maximum atomic E-state index is 5.97. The Morgan fingerprint density at radius 1 is 1.09 bits per heavy atom. The lowest BCUT2D eigenvalue weighted by Crippen LogP contribution is -2.30. The van der Waals surface area contributed by atoms with Crippen LogP contribution < -0.4 is 4.74 Å². The van der Waals surface area contributed by atoms with Gasteiger partial charge < -0.3 is 9.47 Å². The Kier molecular flexibility index (Phi) is 6.42. The number of aromatic amines is 1. The third-order valence-corrected chi connectivity index (χ3v) is 5.92. The van der Waals surface area contributed by atoms with Crippen molar-refractivity contribution in [3.05, 3.63) is 89.9 Å². The summed E-state index contributed by atoms with van der Waals surface area (Å²) in [4.78, 5) is 6.82. The molecule has 0 spiro atoms. The van der Waals surface area contributed by atoms with E-state index in [1.54, 1.807) is 6.20 Å². The molecule has 1 aliphatic heterocycles. The zero-order chi connectivity index (χ0) is 21.6. The van der Waals surface area contributed by atoms with Crippen molar-refractivity contribution in [1.29, 1.82) is 0 Å². The van der Waals surface area contributed by atoms with Gasteiger partial charge in [0.15, 0.2) is 0 Å². The van der Waals surface area contributed by atoms with Crippen LogP contribution in [0.25, 0.3) is 10.9 Å². The minimum absolute atomic E-state index is 0.446. The van der Waals surface area contributed by atoms with Crippen molar-refractivity contribution in [2.75, 3.05) is 26.3 Å². The minimum Gasteiger partial charge on any atom is -0.487 e. The summed E-state index contributed by atoms with van der Waals surface area (Å²) in [6.45, 7) is 4.86. The second-order valence-electron chi connectivity index (χ2n) is 8.39. The Morgan fingerprint density at radius 3 is 3.00 bits per heavy atom. The van der Waals surface area contributed by atoms with Crippen molar-refractivity contribution >= 4 is 10.9 Å². The van der Waals surface area contributed by atoms with E-state index < -0.39 is 0 Å². The molecule has 0 aliphatic carbocycles. The molecule has 6 heteroatoms. The highest BCUT2D eigenvalue weighted by Crippen LogP contribution is 2.23. The summed E-state index contributed by atoms with van der Waals surface area (Å²) < 4.78 is 11.9. The average Bonchev–Trinajstić information content (AvgIpc) is 3.21. The molecule has 0 amide bonds. The van der Waals surface area contributed by atoms with E-state index in [9.17, 15) is 0 Å². The molecule has 0 radical (unpaired) electrons. The van der Waals surface area contributed by atoms with Crippen LogP contribution >= 0.6 is 0 Å². The predicted octanol–water partition coefficient (Wildman–Crippen LogP) is 4.23. The van der Waals surface area contributed by atoms with Crippen LogP contribution in [0.2, 0.25) is 0 Å². The van der Waals surface area contributed by atoms with Crippen LogP contribution in [-0.4, -0.2) is 46.4 Å². The normalized spacial score (nSPS) is 17.3. The van der Waals surface area contributed by atoms with Crippen molar-refractivity contribution < 1.29 is 9.47 Å². The molecule has 6 nitrogen and oxygen atoms in total. The molecule has 1 atom stereocenters. The second-order valence-corrected chi connectivity index (χ2v) is 8.39. The Balaban J connectivity index is 1.22. The monoisotopic (exact) mass is 428 g/mol. The standard InChI is InChI=1S/C26H28N4O2/c1-2-10-27-23(7-1)19-32-24-8-3-5-20(14-24)16-30-11-12-31-18-21(17-30)13-22-6-4-9-26-25(22)15-28-29-26/h1-10,14-15,21H,11-13,16-19H2,(H,28,29). The van der Waals surface area contributed by atoms with Gasteiger partial charge in [-0.1, -0.05) is 30.3 Å². The molecular weight excluding hydrogens is 400 g/mol. The van der Waals surface area contributed by atoms with Gasteiger partial charge in [-0.05, 0) is 53.8 Å². The number of pyridine rings is 1. The van der Waals surface area contributed by atoms with E-state index in [0.717, 1.165) is 56.2 Å². The first-order valence-electron chi connectivity index (χ1n) is 11.2. The predicted molar refractivity (Wildman–Crippen MR) is 124 cm³/mol. The average molecular weight is 429 g/mol. The number of nitrogens with zero attached hydrogens (tertiary/aromatic N) is 3. The summed E-state index contributed by atoms with van der Waals surface area (Å²) in [7, 11) is 0. The zero-order valence-corrected chi connectivity index (χ0v) is 18.1. The summed E-state index contributed by atoms with van der Waals surface area (Å²) in [5.41, 5.74) is 4.60. The third kappa shape index (κ3) is 5.15. The fourth-order valence-electron chi connectivity index (χ4n) is 4.37. The number of ether oxygens (including phenoxy) is 2. The van der Waals surface area contributed by atoms with Gasteiger partial charge in [-0.2, -0.15) is 5.10 Å². The van der Waals surface area contributed by atoms with E-state index in [1.807, 2.05) is 30.5 Å². The van der Waals surface area contributed by atoms with Gasteiger partial charge >= 0.3 is 0 Å². The highest BCUT2D eigenvalue weighted by Gasteiger charge is 2.20. The van der Waals surface area contributed by atoms with Gasteiger partial charge in [-0.3, -0.25) is 15.0 Å². The largest absolute Gasteiger partial charge is 0.487 e. The fourth-order valence-corrected chi connectivity index (χ4v) is 4.37. The fraction of sp³-hybridized carbons (Fsp3) is 0.308. The summed E-state index contributed by atoms with van der Waals surface area (Å²) in [6, 6.07) is 20.6. The third-order valence-electron chi connectivity index (χ3n) is 5.92. The summed E-state index contributed by atoms with van der Waals surface area (Å²) in [5.74, 6) is 1.32. The van der Waals surface area contributed by atoms with Gasteiger partial charge in [-0.25, -0.2) is 0 Å². The lowest BCUT2D eigenvalue weighted by molar-refractivity contribution is 0.122. The molecule has 1 fully saturated rings. The number of benzene rings is 2. The first-order valence-corrected chi connectivity index (χ1v) is 11.2. The maximum Gasteiger partial charge on any atom is 0.130 e. The second kappa shape index (κ2) is 9.94. The molecule has 164 valence electrons. The highest BCUT2D eigenvalue weighted by atomic mass is 16.5. The summed E-state index contributed by atoms with van der Waals surface area (Å²) in [6.07, 6.45) is 4.71. The van der Waals surface area contributed by atoms with Gasteiger partial charge in [-0.15, -0.1) is 0 Å². The van der Waals surface area contributed by atoms with Crippen LogP contribution in [0, 0.1) is 5.92 Å². The molecule has 1 unspecified atom stereocenters. The maximum absolute atomic E-state index is 5.97. The quantitative estimate of drug-likeness (QED) is 0.477. The first kappa shape index (κ1) is 20.7. The van der Waals surface area contributed by atoms with E-state index in [-0.39, 0.29) is 0 Å². The van der Waals surface area contributed by atoms with Crippen molar-refractivity contribution in [3.8, 4) is 5.75 Å². The van der Waals surface area contributed by atoms with Gasteiger partial charge in [0.1, 0.15) is 12.4 Å². The van der Waals surface area contributed by atoms with E-state index in [2.05, 4.69) is 56.5 Å². The molecule has 3 heterocycles. The molecule has 2 aromatic carbocycles. The lowest BCUT2D eigenvalue weighted by Gasteiger charge is -2.24. The van der Waals surface area contributed by atoms with E-state index in [0.29, 0.717) is 12.5 Å². The first-order chi connectivity index (χ1) is 15.8. The Labute approximate surface area is 188 Å². The van der Waals surface area contributed by atoms with Gasteiger partial charge in [0.05, 0.1) is 30.6 Å². The van der Waals surface area contributed by atoms with Crippen LogP contribution in [0.4, 0.5) is 0 Å². The summed E-state index contributed by atoms with van der Waals surface area (Å²) >= 11 is 0. The molecule has 32 heavy (non-hydrogen) atoms. The molecule has 1 saturated heterocycles. The van der Waals surface area contributed by atoms with Crippen molar-refractivity contribution in [2.24, 2.45) is 5.92 Å². The van der Waals surface area contributed by atoms with Crippen molar-refractivity contribution in [1.82, 2.24) is 20.1 Å². The number of nitrogens with one attached hydrogen (secondary N) is 1. The van der Waals surface area contributed by atoms with Crippen LogP contribution in [0.1, 0.15) is 16.8 Å². The van der Waals surface area contributed by atoms with Crippen LogP contribution in [0.15, 0.2) is 73.1 Å². The van der Waals surface area contributed by atoms with Crippen molar-refractivity contribution in [2.45, 2.75) is 19.6 Å². The number of fused-ring (bicyclic) bond motifs is 1. The number of rotatable bonds is 7. The number of hydrogen-bond donors (Lipinski definition) is 1. The van der Waals surface area contributed by atoms with Crippen molar-refractivity contribution in [3.63, 3.8) is 0 Å². The molecule has 2 aromatic heterocycles. The molecule has 1 aliphatic rings. The minimum atomic E-state index is 0.446. The highest BCUT2D eigenvalue weighted by molar-refractivity contribution is 5.81. The van der Waals surface area contributed by atoms with E-state index in [4.69, 9.17) is 9.47 Å². The van der Waals surface area contributed by atoms with Crippen LogP contribution in [0.3, 0.4) is 0 Å². The number of aromatic nitrogens is 3. The Hall–Kier alpha value is -3.22. The SMILES string of the molecule is c1ccc(COc2cccc(CN3CCOCC(Cc4cccc5[nH]ncc45)C3)c2)nc1. The molecule has 0 saturated carbocycles. The zero-order valence-electron chi connectivity index (χ0n) is 18.1. The van der Waals surface area contributed by atoms with Gasteiger partial charge in [0.2, 0.25) is 0 Å². The number of H-pyrrole nitrogens is 1. The van der Waals surface area contributed by atoms with Crippen LogP contribution in [0.5, 0.6) is 5.75 Å². The lowest BCUT2D eigenvalue weighted by atomic mass is 9.97. The van der Waals surface area contributed by atoms with E-state index >= 15 is 0 Å². The van der Waals surface area contributed by atoms with Gasteiger partial charge in [0, 0.05) is 31.2 Å².